The number of likely N-dealkylation sites (N-methyl/N-ethyl adjacent to an activating group) is 2. The molecule has 1 heterocycles. The Morgan fingerprint density at radius 1 is 1.25 bits per heavy atom. The Bertz CT molecular complexity index is 387. The van der Waals surface area contributed by atoms with E-state index in [0.29, 0.717) is 13.1 Å². The van der Waals surface area contributed by atoms with Gasteiger partial charge in [-0.05, 0) is 33.4 Å². The molecule has 0 aromatic carbocycles. The highest BCUT2D eigenvalue weighted by atomic mass is 16.4. The second kappa shape index (κ2) is 5.60. The predicted molar refractivity (Wildman–Crippen MR) is 75.6 cm³/mol. The third-order valence-corrected chi connectivity index (χ3v) is 4.78. The average molecular weight is 283 g/mol. The Kier molecular flexibility index (Phi) is 4.22. The minimum Gasteiger partial charge on any atom is -0.481 e. The first-order valence-electron chi connectivity index (χ1n) is 7.23. The van der Waals surface area contributed by atoms with Crippen molar-refractivity contribution in [1.29, 1.82) is 0 Å². The molecule has 0 bridgehead atoms. The molecule has 0 aromatic heterocycles. The summed E-state index contributed by atoms with van der Waals surface area (Å²) in [7, 11) is 5.99. The number of urea groups is 1. The summed E-state index contributed by atoms with van der Waals surface area (Å²) in [5.74, 6) is -0.659. The molecule has 6 heteroatoms. The molecule has 2 aliphatic rings. The second-order valence-corrected chi connectivity index (χ2v) is 6.48. The summed E-state index contributed by atoms with van der Waals surface area (Å²) >= 11 is 0. The van der Waals surface area contributed by atoms with Crippen molar-refractivity contribution in [3.8, 4) is 0 Å². The molecule has 0 atom stereocenters. The molecule has 1 saturated carbocycles. The highest BCUT2D eigenvalue weighted by Crippen LogP contribution is 2.37. The topological polar surface area (TPSA) is 64.1 Å². The lowest BCUT2D eigenvalue weighted by molar-refractivity contribution is -0.139. The fourth-order valence-electron chi connectivity index (χ4n) is 3.18. The Balaban J connectivity index is 1.80. The van der Waals surface area contributed by atoms with E-state index in [4.69, 9.17) is 5.11 Å². The molecular formula is C14H25N3O3. The van der Waals surface area contributed by atoms with E-state index in [1.54, 1.807) is 9.80 Å². The van der Waals surface area contributed by atoms with E-state index in [-0.39, 0.29) is 23.9 Å². The Hall–Kier alpha value is -1.30. The van der Waals surface area contributed by atoms with Crippen molar-refractivity contribution in [3.05, 3.63) is 0 Å². The number of hydrogen-bond acceptors (Lipinski definition) is 3. The van der Waals surface area contributed by atoms with Crippen LogP contribution in [0.1, 0.15) is 25.7 Å². The predicted octanol–water partition coefficient (Wildman–Crippen LogP) is 0.929. The van der Waals surface area contributed by atoms with Gasteiger partial charge in [-0.1, -0.05) is 0 Å². The van der Waals surface area contributed by atoms with Gasteiger partial charge in [0.25, 0.3) is 0 Å². The third-order valence-electron chi connectivity index (χ3n) is 4.78. The molecule has 0 radical (unpaired) electrons. The lowest BCUT2D eigenvalue weighted by Crippen LogP contribution is -2.61. The lowest BCUT2D eigenvalue weighted by Gasteiger charge is -2.50. The summed E-state index contributed by atoms with van der Waals surface area (Å²) in [6.07, 6.45) is 3.66. The Morgan fingerprint density at radius 3 is 2.25 bits per heavy atom. The molecule has 1 aliphatic carbocycles. The molecule has 0 aromatic rings. The number of hydrogen-bond donors (Lipinski definition) is 1. The molecular weight excluding hydrogens is 258 g/mol. The van der Waals surface area contributed by atoms with Gasteiger partial charge in [0.2, 0.25) is 0 Å². The van der Waals surface area contributed by atoms with Gasteiger partial charge in [0, 0.05) is 38.1 Å². The van der Waals surface area contributed by atoms with Crippen LogP contribution < -0.4 is 0 Å². The monoisotopic (exact) mass is 283 g/mol. The molecule has 6 nitrogen and oxygen atoms in total. The quantitative estimate of drug-likeness (QED) is 0.815. The van der Waals surface area contributed by atoms with E-state index in [0.717, 1.165) is 19.4 Å². The minimum atomic E-state index is -0.781. The normalized spacial score (nSPS) is 21.3. The summed E-state index contributed by atoms with van der Waals surface area (Å²) in [5, 5.41) is 8.72. The summed E-state index contributed by atoms with van der Waals surface area (Å²) < 4.78 is 0. The van der Waals surface area contributed by atoms with Gasteiger partial charge in [-0.3, -0.25) is 4.79 Å². The van der Waals surface area contributed by atoms with E-state index in [9.17, 15) is 9.59 Å². The fourth-order valence-corrected chi connectivity index (χ4v) is 3.18. The van der Waals surface area contributed by atoms with Crippen LogP contribution in [0.3, 0.4) is 0 Å². The number of nitrogens with zero attached hydrogens (tertiary/aromatic N) is 3. The van der Waals surface area contributed by atoms with Gasteiger partial charge in [0.05, 0.1) is 6.42 Å². The van der Waals surface area contributed by atoms with Gasteiger partial charge in [0.15, 0.2) is 0 Å². The first kappa shape index (κ1) is 15.1. The zero-order valence-electron chi connectivity index (χ0n) is 12.6. The molecule has 1 aliphatic heterocycles. The van der Waals surface area contributed by atoms with Crippen molar-refractivity contribution in [2.24, 2.45) is 5.92 Å². The smallest absolute Gasteiger partial charge is 0.319 e. The fraction of sp³-hybridized carbons (Fsp3) is 0.857. The minimum absolute atomic E-state index is 0.0276. The molecule has 114 valence electrons. The van der Waals surface area contributed by atoms with Gasteiger partial charge >= 0.3 is 12.0 Å². The molecule has 2 fully saturated rings. The number of carboxylic acid groups (broad SMARTS) is 1. The van der Waals surface area contributed by atoms with E-state index in [2.05, 4.69) is 19.0 Å². The second-order valence-electron chi connectivity index (χ2n) is 6.48. The Labute approximate surface area is 120 Å². The van der Waals surface area contributed by atoms with E-state index < -0.39 is 5.97 Å². The van der Waals surface area contributed by atoms with Gasteiger partial charge in [0.1, 0.15) is 0 Å². The maximum Gasteiger partial charge on any atom is 0.319 e. The summed E-state index contributed by atoms with van der Waals surface area (Å²) in [6, 6.07) is 0.0276. The van der Waals surface area contributed by atoms with Gasteiger partial charge < -0.3 is 19.8 Å². The highest BCUT2D eigenvalue weighted by molar-refractivity contribution is 5.76. The third kappa shape index (κ3) is 2.90. The average Bonchev–Trinajstić information content (AvgIpc) is 2.25. The lowest BCUT2D eigenvalue weighted by atomic mass is 9.75. The van der Waals surface area contributed by atoms with Crippen LogP contribution in [-0.4, -0.2) is 78.1 Å². The zero-order valence-corrected chi connectivity index (χ0v) is 12.6. The van der Waals surface area contributed by atoms with Crippen molar-refractivity contribution >= 4 is 12.0 Å². The van der Waals surface area contributed by atoms with Crippen LogP contribution in [0, 0.1) is 5.92 Å². The first-order valence-corrected chi connectivity index (χ1v) is 7.23. The van der Waals surface area contributed by atoms with Crippen molar-refractivity contribution in [2.45, 2.75) is 31.2 Å². The van der Waals surface area contributed by atoms with Crippen molar-refractivity contribution < 1.29 is 14.7 Å². The van der Waals surface area contributed by atoms with Crippen molar-refractivity contribution in [3.63, 3.8) is 0 Å². The summed E-state index contributed by atoms with van der Waals surface area (Å²) in [4.78, 5) is 28.6. The number of likely N-dealkylation sites (tertiary alicyclic amines) is 1. The van der Waals surface area contributed by atoms with Gasteiger partial charge in [-0.15, -0.1) is 0 Å². The molecule has 20 heavy (non-hydrogen) atoms. The van der Waals surface area contributed by atoms with Crippen LogP contribution in [-0.2, 0) is 4.79 Å². The van der Waals surface area contributed by atoms with Gasteiger partial charge in [-0.25, -0.2) is 4.79 Å². The first-order chi connectivity index (χ1) is 9.34. The maximum atomic E-state index is 12.3. The van der Waals surface area contributed by atoms with Crippen LogP contribution in [0.5, 0.6) is 0 Å². The highest BCUT2D eigenvalue weighted by Gasteiger charge is 2.42. The van der Waals surface area contributed by atoms with Crippen LogP contribution in [0.4, 0.5) is 4.79 Å². The number of rotatable bonds is 5. The Morgan fingerprint density at radius 2 is 1.85 bits per heavy atom. The number of carbonyl (C=O) groups excluding carboxylic acids is 1. The molecule has 1 saturated heterocycles. The maximum absolute atomic E-state index is 12.3. The van der Waals surface area contributed by atoms with Gasteiger partial charge in [-0.2, -0.15) is 0 Å². The number of aliphatic carboxylic acids is 1. The SMILES string of the molecule is CN(CC1(N(C)C)CCC1)C(=O)N1CC(CC(=O)O)C1. The number of carbonyl (C=O) groups is 2. The molecule has 0 spiro atoms. The molecule has 0 unspecified atom stereocenters. The van der Waals surface area contributed by atoms with Crippen molar-refractivity contribution in [2.75, 3.05) is 40.8 Å². The number of amides is 2. The number of carboxylic acids is 1. The van der Waals surface area contributed by atoms with Crippen LogP contribution in [0.25, 0.3) is 0 Å². The van der Waals surface area contributed by atoms with Crippen molar-refractivity contribution in [1.82, 2.24) is 14.7 Å². The summed E-state index contributed by atoms with van der Waals surface area (Å²) in [5.41, 5.74) is 0.135. The van der Waals surface area contributed by atoms with E-state index in [1.165, 1.54) is 6.42 Å². The standard InChI is InChI=1S/C14H25N3O3/c1-15(2)14(5-4-6-14)10-16(3)13(20)17-8-11(9-17)7-12(18)19/h11H,4-10H2,1-3H3,(H,18,19). The zero-order chi connectivity index (χ0) is 14.9. The molecule has 2 amide bonds. The van der Waals surface area contributed by atoms with E-state index >= 15 is 0 Å². The molecule has 1 N–H and O–H groups in total. The summed E-state index contributed by atoms with van der Waals surface area (Å²) in [6.45, 7) is 1.90. The molecule has 2 rings (SSSR count). The van der Waals surface area contributed by atoms with Crippen LogP contribution >= 0.6 is 0 Å². The van der Waals surface area contributed by atoms with E-state index in [1.807, 2.05) is 7.05 Å². The largest absolute Gasteiger partial charge is 0.481 e. The van der Waals surface area contributed by atoms with Crippen LogP contribution in [0.15, 0.2) is 0 Å². The van der Waals surface area contributed by atoms with Crippen LogP contribution in [0.2, 0.25) is 0 Å².